The first-order valence-corrected chi connectivity index (χ1v) is 6.06. The molecule has 0 atom stereocenters. The Morgan fingerprint density at radius 2 is 1.79 bits per heavy atom. The van der Waals surface area contributed by atoms with Gasteiger partial charge in [-0.3, -0.25) is 0 Å². The van der Waals surface area contributed by atoms with Gasteiger partial charge in [0.1, 0.15) is 29.0 Å². The van der Waals surface area contributed by atoms with Crippen molar-refractivity contribution in [1.29, 1.82) is 0 Å². The minimum atomic E-state index is -0.972. The molecular weight excluding hydrogens is 255 g/mol. The van der Waals surface area contributed by atoms with Crippen molar-refractivity contribution >= 4 is 0 Å². The van der Waals surface area contributed by atoms with E-state index in [1.165, 1.54) is 6.07 Å². The molecule has 0 aliphatic carbocycles. The molecule has 0 amide bonds. The van der Waals surface area contributed by atoms with Gasteiger partial charge in [0.15, 0.2) is 0 Å². The van der Waals surface area contributed by atoms with Gasteiger partial charge in [0.25, 0.3) is 0 Å². The van der Waals surface area contributed by atoms with E-state index in [1.807, 2.05) is 6.92 Å². The van der Waals surface area contributed by atoms with Crippen LogP contribution in [0.5, 0.6) is 0 Å². The molecule has 1 aromatic carbocycles. The summed E-state index contributed by atoms with van der Waals surface area (Å²) in [6.07, 6.45) is 0.981. The summed E-state index contributed by atoms with van der Waals surface area (Å²) >= 11 is 0. The van der Waals surface area contributed by atoms with E-state index in [9.17, 15) is 13.2 Å². The molecular formula is C14H14F3NO. The highest BCUT2D eigenvalue weighted by atomic mass is 19.1. The Morgan fingerprint density at radius 3 is 2.42 bits per heavy atom. The lowest BCUT2D eigenvalue weighted by Crippen LogP contribution is -2.12. The third-order valence-electron chi connectivity index (χ3n) is 2.64. The normalized spacial score (nSPS) is 10.9. The maximum Gasteiger partial charge on any atom is 0.140 e. The highest BCUT2D eigenvalue weighted by Crippen LogP contribution is 2.28. The third-order valence-corrected chi connectivity index (χ3v) is 2.64. The maximum absolute atomic E-state index is 13.6. The van der Waals surface area contributed by atoms with E-state index in [0.717, 1.165) is 13.0 Å². The molecule has 0 unspecified atom stereocenters. The van der Waals surface area contributed by atoms with Gasteiger partial charge in [-0.05, 0) is 25.1 Å². The first-order valence-electron chi connectivity index (χ1n) is 6.06. The van der Waals surface area contributed by atoms with Crippen LogP contribution in [0, 0.1) is 17.5 Å². The summed E-state index contributed by atoms with van der Waals surface area (Å²) in [7, 11) is 0. The number of furan rings is 1. The topological polar surface area (TPSA) is 25.2 Å². The molecule has 2 rings (SSSR count). The van der Waals surface area contributed by atoms with Crippen LogP contribution >= 0.6 is 0 Å². The van der Waals surface area contributed by atoms with E-state index in [2.05, 4.69) is 5.32 Å². The Hall–Kier alpha value is -1.75. The first kappa shape index (κ1) is 13.7. The number of nitrogens with one attached hydrogen (secondary N) is 1. The molecule has 0 spiro atoms. The van der Waals surface area contributed by atoms with Gasteiger partial charge >= 0.3 is 0 Å². The molecule has 1 N–H and O–H groups in total. The summed E-state index contributed by atoms with van der Waals surface area (Å²) < 4.78 is 45.3. The fraction of sp³-hybridized carbons (Fsp3) is 0.286. The predicted octanol–water partition coefficient (Wildman–Crippen LogP) is 3.86. The Morgan fingerprint density at radius 1 is 1.11 bits per heavy atom. The van der Waals surface area contributed by atoms with Crippen molar-refractivity contribution in [3.05, 3.63) is 47.5 Å². The second-order valence-corrected chi connectivity index (χ2v) is 4.19. The van der Waals surface area contributed by atoms with Crippen molar-refractivity contribution in [2.45, 2.75) is 19.9 Å². The van der Waals surface area contributed by atoms with Crippen LogP contribution in [0.25, 0.3) is 11.3 Å². The molecule has 0 aliphatic rings. The number of hydrogen-bond acceptors (Lipinski definition) is 2. The number of halogens is 3. The summed E-state index contributed by atoms with van der Waals surface area (Å²) in [5, 5.41) is 3.11. The zero-order valence-electron chi connectivity index (χ0n) is 10.5. The lowest BCUT2D eigenvalue weighted by atomic mass is 10.1. The fourth-order valence-electron chi connectivity index (χ4n) is 1.77. The molecule has 0 aliphatic heterocycles. The van der Waals surface area contributed by atoms with Gasteiger partial charge in [0.2, 0.25) is 0 Å². The van der Waals surface area contributed by atoms with Crippen LogP contribution in [0.1, 0.15) is 19.1 Å². The number of rotatable bonds is 5. The fourth-order valence-corrected chi connectivity index (χ4v) is 1.77. The Bertz CT molecular complexity index is 543. The van der Waals surface area contributed by atoms with E-state index in [-0.39, 0.29) is 11.3 Å². The van der Waals surface area contributed by atoms with Crippen LogP contribution < -0.4 is 5.32 Å². The Kier molecular flexibility index (Phi) is 4.27. The molecule has 2 aromatic rings. The average molecular weight is 269 g/mol. The molecule has 0 fully saturated rings. The van der Waals surface area contributed by atoms with Gasteiger partial charge < -0.3 is 9.73 Å². The van der Waals surface area contributed by atoms with Crippen LogP contribution in [0.15, 0.2) is 28.7 Å². The van der Waals surface area contributed by atoms with Crippen molar-refractivity contribution in [3.8, 4) is 11.3 Å². The van der Waals surface area contributed by atoms with Gasteiger partial charge in [-0.2, -0.15) is 0 Å². The summed E-state index contributed by atoms with van der Waals surface area (Å²) in [6.45, 7) is 3.34. The molecule has 19 heavy (non-hydrogen) atoms. The summed E-state index contributed by atoms with van der Waals surface area (Å²) in [4.78, 5) is 0. The zero-order valence-corrected chi connectivity index (χ0v) is 10.5. The standard InChI is InChI=1S/C14H14F3NO/c1-2-5-18-8-10-3-4-13(19-10)14-11(16)6-9(15)7-12(14)17/h3-4,6-7,18H,2,5,8H2,1H3. The lowest BCUT2D eigenvalue weighted by molar-refractivity contribution is 0.483. The Balaban J connectivity index is 2.23. The molecule has 102 valence electrons. The molecule has 0 saturated heterocycles. The smallest absolute Gasteiger partial charge is 0.140 e. The number of benzene rings is 1. The molecule has 1 aromatic heterocycles. The van der Waals surface area contributed by atoms with E-state index < -0.39 is 17.5 Å². The third kappa shape index (κ3) is 3.17. The Labute approximate surface area is 109 Å². The van der Waals surface area contributed by atoms with Crippen LogP contribution in [-0.2, 0) is 6.54 Å². The zero-order chi connectivity index (χ0) is 13.8. The average Bonchev–Trinajstić information content (AvgIpc) is 2.76. The SMILES string of the molecule is CCCNCc1ccc(-c2c(F)cc(F)cc2F)o1. The van der Waals surface area contributed by atoms with E-state index in [1.54, 1.807) is 6.07 Å². The van der Waals surface area contributed by atoms with E-state index >= 15 is 0 Å². The van der Waals surface area contributed by atoms with Gasteiger partial charge in [-0.1, -0.05) is 6.92 Å². The second-order valence-electron chi connectivity index (χ2n) is 4.19. The minimum Gasteiger partial charge on any atom is -0.460 e. The van der Waals surface area contributed by atoms with Gasteiger partial charge in [-0.25, -0.2) is 13.2 Å². The number of hydrogen-bond donors (Lipinski definition) is 1. The van der Waals surface area contributed by atoms with Gasteiger partial charge in [0, 0.05) is 12.1 Å². The maximum atomic E-state index is 13.6. The van der Waals surface area contributed by atoms with Gasteiger partial charge in [0.05, 0.1) is 12.1 Å². The van der Waals surface area contributed by atoms with E-state index in [0.29, 0.717) is 24.4 Å². The second kappa shape index (κ2) is 5.93. The summed E-state index contributed by atoms with van der Waals surface area (Å²) in [5.41, 5.74) is -0.344. The van der Waals surface area contributed by atoms with Gasteiger partial charge in [-0.15, -0.1) is 0 Å². The van der Waals surface area contributed by atoms with Crippen molar-refractivity contribution in [2.24, 2.45) is 0 Å². The van der Waals surface area contributed by atoms with Crippen molar-refractivity contribution in [3.63, 3.8) is 0 Å². The highest BCUT2D eigenvalue weighted by molar-refractivity contribution is 5.59. The van der Waals surface area contributed by atoms with Crippen LogP contribution in [0.4, 0.5) is 13.2 Å². The molecule has 1 heterocycles. The largest absolute Gasteiger partial charge is 0.460 e. The van der Waals surface area contributed by atoms with E-state index in [4.69, 9.17) is 4.42 Å². The van der Waals surface area contributed by atoms with Crippen molar-refractivity contribution in [1.82, 2.24) is 5.32 Å². The van der Waals surface area contributed by atoms with Crippen molar-refractivity contribution < 1.29 is 17.6 Å². The monoisotopic (exact) mass is 269 g/mol. The summed E-state index contributed by atoms with van der Waals surface area (Å²) in [6, 6.07) is 4.38. The molecule has 2 nitrogen and oxygen atoms in total. The predicted molar refractivity (Wildman–Crippen MR) is 66.0 cm³/mol. The molecule has 0 saturated carbocycles. The van der Waals surface area contributed by atoms with Crippen LogP contribution in [-0.4, -0.2) is 6.54 Å². The molecule has 5 heteroatoms. The van der Waals surface area contributed by atoms with Crippen LogP contribution in [0.2, 0.25) is 0 Å². The van der Waals surface area contributed by atoms with Crippen LogP contribution in [0.3, 0.4) is 0 Å². The molecule has 0 radical (unpaired) electrons. The lowest BCUT2D eigenvalue weighted by Gasteiger charge is -2.03. The minimum absolute atomic E-state index is 0.0586. The highest BCUT2D eigenvalue weighted by Gasteiger charge is 2.16. The molecule has 0 bridgehead atoms. The van der Waals surface area contributed by atoms with Crippen molar-refractivity contribution in [2.75, 3.05) is 6.54 Å². The quantitative estimate of drug-likeness (QED) is 0.834. The first-order chi connectivity index (χ1) is 9.11. The summed E-state index contributed by atoms with van der Waals surface area (Å²) in [5.74, 6) is -2.26.